The Kier molecular flexibility index (Phi) is 3.77. The summed E-state index contributed by atoms with van der Waals surface area (Å²) < 4.78 is 31.9. The Morgan fingerprint density at radius 3 is 2.76 bits per heavy atom. The van der Waals surface area contributed by atoms with Crippen LogP contribution < -0.4 is 0 Å². The Labute approximate surface area is 123 Å². The highest BCUT2D eigenvalue weighted by molar-refractivity contribution is 7.88. The van der Waals surface area contributed by atoms with Gasteiger partial charge in [-0.15, -0.1) is 0 Å². The zero-order chi connectivity index (χ0) is 14.9. The van der Waals surface area contributed by atoms with Crippen LogP contribution in [0.2, 0.25) is 0 Å². The van der Waals surface area contributed by atoms with E-state index in [1.54, 1.807) is 6.92 Å². The molecule has 0 amide bonds. The Morgan fingerprint density at radius 2 is 2.10 bits per heavy atom. The van der Waals surface area contributed by atoms with Crippen molar-refractivity contribution in [2.45, 2.75) is 31.6 Å². The zero-order valence-corrected chi connectivity index (χ0v) is 12.6. The summed E-state index contributed by atoms with van der Waals surface area (Å²) in [5, 5.41) is 3.75. The average molecular weight is 307 g/mol. The summed E-state index contributed by atoms with van der Waals surface area (Å²) in [4.78, 5) is 4.18. The number of benzene rings is 1. The lowest BCUT2D eigenvalue weighted by Crippen LogP contribution is -2.31. The van der Waals surface area contributed by atoms with E-state index in [2.05, 4.69) is 10.1 Å². The molecule has 1 unspecified atom stereocenters. The van der Waals surface area contributed by atoms with Gasteiger partial charge >= 0.3 is 0 Å². The van der Waals surface area contributed by atoms with Crippen LogP contribution in [0, 0.1) is 6.92 Å². The fourth-order valence-corrected chi connectivity index (χ4v) is 4.41. The molecule has 0 saturated carbocycles. The molecular formula is C14H17N3O3S. The Balaban J connectivity index is 1.84. The van der Waals surface area contributed by atoms with Gasteiger partial charge in [0.05, 0.1) is 5.75 Å². The van der Waals surface area contributed by atoms with Crippen molar-refractivity contribution in [3.63, 3.8) is 0 Å². The number of hydrogen-bond acceptors (Lipinski definition) is 5. The van der Waals surface area contributed by atoms with Crippen molar-refractivity contribution < 1.29 is 12.9 Å². The second kappa shape index (κ2) is 5.57. The van der Waals surface area contributed by atoms with Crippen LogP contribution in [0.5, 0.6) is 0 Å². The number of rotatable bonds is 4. The van der Waals surface area contributed by atoms with Crippen molar-refractivity contribution in [1.82, 2.24) is 14.4 Å². The average Bonchev–Trinajstić information content (AvgIpc) is 3.07. The van der Waals surface area contributed by atoms with E-state index in [0.29, 0.717) is 18.3 Å². The molecule has 6 nitrogen and oxygen atoms in total. The van der Waals surface area contributed by atoms with Gasteiger partial charge in [-0.2, -0.15) is 9.29 Å². The summed E-state index contributed by atoms with van der Waals surface area (Å²) >= 11 is 0. The quantitative estimate of drug-likeness (QED) is 0.864. The number of aryl methyl sites for hydroxylation is 1. The molecule has 2 heterocycles. The molecule has 7 heteroatoms. The predicted molar refractivity (Wildman–Crippen MR) is 76.8 cm³/mol. The monoisotopic (exact) mass is 307 g/mol. The summed E-state index contributed by atoms with van der Waals surface area (Å²) in [7, 11) is -3.40. The molecule has 0 bridgehead atoms. The molecular weight excluding hydrogens is 290 g/mol. The number of aromatic nitrogens is 2. The lowest BCUT2D eigenvalue weighted by Gasteiger charge is -2.21. The van der Waals surface area contributed by atoms with E-state index in [9.17, 15) is 8.42 Å². The molecule has 1 fully saturated rings. The third-order valence-electron chi connectivity index (χ3n) is 3.58. The van der Waals surface area contributed by atoms with Crippen LogP contribution in [-0.2, 0) is 15.8 Å². The minimum Gasteiger partial charge on any atom is -0.338 e. The first-order valence-corrected chi connectivity index (χ1v) is 8.51. The molecule has 0 spiro atoms. The van der Waals surface area contributed by atoms with E-state index in [-0.39, 0.29) is 11.8 Å². The molecule has 1 aliphatic rings. The van der Waals surface area contributed by atoms with Crippen LogP contribution in [0.1, 0.15) is 36.2 Å². The molecule has 0 N–H and O–H groups in total. The van der Waals surface area contributed by atoms with Crippen molar-refractivity contribution in [3.8, 4) is 0 Å². The molecule has 3 rings (SSSR count). The molecule has 21 heavy (non-hydrogen) atoms. The molecule has 1 aromatic heterocycles. The molecule has 1 aromatic carbocycles. The van der Waals surface area contributed by atoms with Gasteiger partial charge in [0.15, 0.2) is 5.82 Å². The summed E-state index contributed by atoms with van der Waals surface area (Å²) in [6.45, 7) is 2.23. The van der Waals surface area contributed by atoms with Gasteiger partial charge in [-0.05, 0) is 25.3 Å². The van der Waals surface area contributed by atoms with Crippen molar-refractivity contribution >= 4 is 10.0 Å². The second-order valence-corrected chi connectivity index (χ2v) is 7.11. The van der Waals surface area contributed by atoms with Crippen molar-refractivity contribution in [2.75, 3.05) is 6.54 Å². The summed E-state index contributed by atoms with van der Waals surface area (Å²) in [6.07, 6.45) is 1.52. The maximum atomic E-state index is 12.6. The first-order valence-electron chi connectivity index (χ1n) is 6.90. The first-order chi connectivity index (χ1) is 10.1. The SMILES string of the molecule is Cc1noc(C2CCCN2S(=O)(=O)Cc2ccccc2)n1. The maximum absolute atomic E-state index is 12.6. The van der Waals surface area contributed by atoms with Crippen LogP contribution in [0.4, 0.5) is 0 Å². The van der Waals surface area contributed by atoms with Gasteiger partial charge < -0.3 is 4.52 Å². The highest BCUT2D eigenvalue weighted by atomic mass is 32.2. The molecule has 1 saturated heterocycles. The van der Waals surface area contributed by atoms with Gasteiger partial charge in [-0.25, -0.2) is 8.42 Å². The lowest BCUT2D eigenvalue weighted by molar-refractivity contribution is 0.289. The highest BCUT2D eigenvalue weighted by Gasteiger charge is 2.38. The van der Waals surface area contributed by atoms with Crippen LogP contribution in [-0.4, -0.2) is 29.4 Å². The van der Waals surface area contributed by atoms with Gasteiger partial charge in [-0.3, -0.25) is 0 Å². The standard InChI is InChI=1S/C14H17N3O3S/c1-11-15-14(20-16-11)13-8-5-9-17(13)21(18,19)10-12-6-3-2-4-7-12/h2-4,6-7,13H,5,8-10H2,1H3. The van der Waals surface area contributed by atoms with Gasteiger partial charge in [-0.1, -0.05) is 35.5 Å². The summed E-state index contributed by atoms with van der Waals surface area (Å²) in [5.41, 5.74) is 0.782. The Bertz CT molecular complexity index is 712. The largest absolute Gasteiger partial charge is 0.338 e. The van der Waals surface area contributed by atoms with Gasteiger partial charge in [0, 0.05) is 6.54 Å². The van der Waals surface area contributed by atoms with Crippen LogP contribution in [0.15, 0.2) is 34.9 Å². The normalized spacial score (nSPS) is 20.0. The molecule has 112 valence electrons. The van der Waals surface area contributed by atoms with E-state index in [4.69, 9.17) is 4.52 Å². The third-order valence-corrected chi connectivity index (χ3v) is 5.43. The molecule has 2 aromatic rings. The number of hydrogen-bond donors (Lipinski definition) is 0. The van der Waals surface area contributed by atoms with E-state index in [1.807, 2.05) is 30.3 Å². The molecule has 0 aliphatic carbocycles. The maximum Gasteiger partial charge on any atom is 0.245 e. The van der Waals surface area contributed by atoms with Crippen LogP contribution in [0.25, 0.3) is 0 Å². The molecule has 0 radical (unpaired) electrons. The van der Waals surface area contributed by atoms with Crippen molar-refractivity contribution in [1.29, 1.82) is 0 Å². The van der Waals surface area contributed by atoms with E-state index < -0.39 is 10.0 Å². The molecule has 1 atom stereocenters. The fraction of sp³-hybridized carbons (Fsp3) is 0.429. The van der Waals surface area contributed by atoms with Gasteiger partial charge in [0.1, 0.15) is 6.04 Å². The summed E-state index contributed by atoms with van der Waals surface area (Å²) in [5.74, 6) is 0.913. The van der Waals surface area contributed by atoms with E-state index >= 15 is 0 Å². The lowest BCUT2D eigenvalue weighted by atomic mass is 10.2. The minimum atomic E-state index is -3.40. The smallest absolute Gasteiger partial charge is 0.245 e. The second-order valence-electron chi connectivity index (χ2n) is 5.19. The van der Waals surface area contributed by atoms with Crippen molar-refractivity contribution in [2.24, 2.45) is 0 Å². The first kappa shape index (κ1) is 14.2. The van der Waals surface area contributed by atoms with Crippen LogP contribution in [0.3, 0.4) is 0 Å². The Hall–Kier alpha value is -1.73. The Morgan fingerprint density at radius 1 is 1.33 bits per heavy atom. The summed E-state index contributed by atoms with van der Waals surface area (Å²) in [6, 6.07) is 8.86. The van der Waals surface area contributed by atoms with Gasteiger partial charge in [0.25, 0.3) is 0 Å². The third kappa shape index (κ3) is 2.98. The zero-order valence-electron chi connectivity index (χ0n) is 11.8. The fourth-order valence-electron chi connectivity index (χ4n) is 2.64. The van der Waals surface area contributed by atoms with E-state index in [1.165, 1.54) is 4.31 Å². The topological polar surface area (TPSA) is 76.3 Å². The van der Waals surface area contributed by atoms with Gasteiger partial charge in [0.2, 0.25) is 15.9 Å². The number of sulfonamides is 1. The number of nitrogens with zero attached hydrogens (tertiary/aromatic N) is 3. The highest BCUT2D eigenvalue weighted by Crippen LogP contribution is 2.34. The predicted octanol–water partition coefficient (Wildman–Crippen LogP) is 2.04. The van der Waals surface area contributed by atoms with E-state index in [0.717, 1.165) is 18.4 Å². The van der Waals surface area contributed by atoms with Crippen LogP contribution >= 0.6 is 0 Å². The minimum absolute atomic E-state index is 0.00252. The van der Waals surface area contributed by atoms with Crippen molar-refractivity contribution in [3.05, 3.63) is 47.6 Å². The molecule has 1 aliphatic heterocycles.